The Kier molecular flexibility index (Phi) is 4.03. The summed E-state index contributed by atoms with van der Waals surface area (Å²) in [6, 6.07) is 2.11. The topological polar surface area (TPSA) is 70.3 Å². The number of anilines is 1. The molecular formula is C14H19N3O2S. The summed E-state index contributed by atoms with van der Waals surface area (Å²) >= 11 is 1.66. The number of rotatable bonds is 4. The van der Waals surface area contributed by atoms with Crippen molar-refractivity contribution in [2.75, 3.05) is 25.6 Å². The molecule has 3 rings (SSSR count). The second kappa shape index (κ2) is 5.93. The van der Waals surface area contributed by atoms with Gasteiger partial charge in [-0.1, -0.05) is 6.92 Å². The zero-order valence-corrected chi connectivity index (χ0v) is 12.4. The molecule has 2 N–H and O–H groups in total. The van der Waals surface area contributed by atoms with Crippen LogP contribution in [-0.2, 0) is 11.2 Å². The van der Waals surface area contributed by atoms with E-state index in [0.717, 1.165) is 42.7 Å². The Hall–Kier alpha value is -1.40. The molecule has 3 heterocycles. The van der Waals surface area contributed by atoms with Gasteiger partial charge in [-0.2, -0.15) is 4.98 Å². The molecular weight excluding hydrogens is 274 g/mol. The van der Waals surface area contributed by atoms with E-state index >= 15 is 0 Å². The van der Waals surface area contributed by atoms with E-state index in [0.29, 0.717) is 18.4 Å². The molecule has 1 fully saturated rings. The molecule has 1 aliphatic heterocycles. The molecule has 2 aromatic heterocycles. The van der Waals surface area contributed by atoms with Crippen molar-refractivity contribution in [3.63, 3.8) is 0 Å². The highest BCUT2D eigenvalue weighted by Gasteiger charge is 2.17. The average molecular weight is 293 g/mol. The van der Waals surface area contributed by atoms with Gasteiger partial charge in [0.1, 0.15) is 4.83 Å². The van der Waals surface area contributed by atoms with Crippen LogP contribution in [0.25, 0.3) is 10.2 Å². The number of nitrogens with two attached hydrogens (primary N) is 1. The number of hydrogen-bond donors (Lipinski definition) is 1. The van der Waals surface area contributed by atoms with Crippen LogP contribution in [-0.4, -0.2) is 29.8 Å². The molecule has 0 aliphatic carbocycles. The predicted molar refractivity (Wildman–Crippen MR) is 80.2 cm³/mol. The maximum atomic E-state index is 5.92. The van der Waals surface area contributed by atoms with Crippen LogP contribution in [0.4, 0.5) is 5.95 Å². The quantitative estimate of drug-likeness (QED) is 0.938. The smallest absolute Gasteiger partial charge is 0.227 e. The third kappa shape index (κ3) is 2.86. The molecule has 6 heteroatoms. The van der Waals surface area contributed by atoms with Gasteiger partial charge < -0.3 is 15.2 Å². The minimum atomic E-state index is 0.281. The zero-order valence-electron chi connectivity index (χ0n) is 11.6. The van der Waals surface area contributed by atoms with Gasteiger partial charge in [-0.05, 0) is 31.2 Å². The number of nitrogens with zero attached hydrogens (tertiary/aromatic N) is 2. The Labute approximate surface area is 122 Å². The van der Waals surface area contributed by atoms with Crippen molar-refractivity contribution in [2.45, 2.75) is 26.2 Å². The van der Waals surface area contributed by atoms with Crippen molar-refractivity contribution >= 4 is 27.5 Å². The molecule has 0 aromatic carbocycles. The molecule has 108 valence electrons. The van der Waals surface area contributed by atoms with Gasteiger partial charge in [0.05, 0.1) is 12.0 Å². The Morgan fingerprint density at radius 3 is 2.95 bits per heavy atom. The summed E-state index contributed by atoms with van der Waals surface area (Å²) in [5, 5.41) is 0.980. The van der Waals surface area contributed by atoms with Crippen LogP contribution in [0, 0.1) is 5.92 Å². The summed E-state index contributed by atoms with van der Waals surface area (Å²) in [5.74, 6) is 1.44. The predicted octanol–water partition coefficient (Wildman–Crippen LogP) is 2.64. The van der Waals surface area contributed by atoms with Crippen LogP contribution >= 0.6 is 11.3 Å². The number of ether oxygens (including phenoxy) is 2. The minimum Gasteiger partial charge on any atom is -0.477 e. The van der Waals surface area contributed by atoms with E-state index in [1.807, 2.05) is 0 Å². The van der Waals surface area contributed by atoms with Crippen molar-refractivity contribution in [3.8, 4) is 5.88 Å². The second-order valence-electron chi connectivity index (χ2n) is 5.04. The molecule has 0 bridgehead atoms. The largest absolute Gasteiger partial charge is 0.477 e. The fourth-order valence-corrected chi connectivity index (χ4v) is 3.32. The zero-order chi connectivity index (χ0) is 13.9. The molecule has 20 heavy (non-hydrogen) atoms. The highest BCUT2D eigenvalue weighted by Crippen LogP contribution is 2.31. The lowest BCUT2D eigenvalue weighted by atomic mass is 10.0. The van der Waals surface area contributed by atoms with Gasteiger partial charge >= 0.3 is 0 Å². The molecule has 0 radical (unpaired) electrons. The fraction of sp³-hybridized carbons (Fsp3) is 0.571. The minimum absolute atomic E-state index is 0.281. The molecule has 1 saturated heterocycles. The van der Waals surface area contributed by atoms with E-state index in [2.05, 4.69) is 23.0 Å². The highest BCUT2D eigenvalue weighted by atomic mass is 32.1. The fourth-order valence-electron chi connectivity index (χ4n) is 2.36. The van der Waals surface area contributed by atoms with E-state index in [1.165, 1.54) is 4.88 Å². The number of fused-ring (bicyclic) bond motifs is 1. The van der Waals surface area contributed by atoms with Crippen molar-refractivity contribution in [1.82, 2.24) is 9.97 Å². The maximum absolute atomic E-state index is 5.92. The van der Waals surface area contributed by atoms with Crippen molar-refractivity contribution < 1.29 is 9.47 Å². The van der Waals surface area contributed by atoms with Crippen LogP contribution in [0.2, 0.25) is 0 Å². The van der Waals surface area contributed by atoms with Gasteiger partial charge in [0, 0.05) is 18.1 Å². The highest BCUT2D eigenvalue weighted by molar-refractivity contribution is 7.18. The summed E-state index contributed by atoms with van der Waals surface area (Å²) in [4.78, 5) is 10.7. The third-order valence-electron chi connectivity index (χ3n) is 3.57. The van der Waals surface area contributed by atoms with Crippen molar-refractivity contribution in [3.05, 3.63) is 10.9 Å². The number of nitrogen functional groups attached to an aromatic ring is 1. The first kappa shape index (κ1) is 13.6. The molecule has 5 nitrogen and oxygen atoms in total. The average Bonchev–Trinajstić information content (AvgIpc) is 2.88. The molecule has 1 aliphatic rings. The van der Waals surface area contributed by atoms with Gasteiger partial charge in [-0.25, -0.2) is 4.98 Å². The first-order chi connectivity index (χ1) is 9.76. The van der Waals surface area contributed by atoms with E-state index in [4.69, 9.17) is 15.2 Å². The third-order valence-corrected chi connectivity index (χ3v) is 4.74. The number of aryl methyl sites for hydroxylation is 1. The SMILES string of the molecule is CCc1cc2c(OCC3CCOCC3)nc(N)nc2s1. The molecule has 0 spiro atoms. The van der Waals surface area contributed by atoms with E-state index in [1.54, 1.807) is 11.3 Å². The Morgan fingerprint density at radius 2 is 2.20 bits per heavy atom. The Balaban J connectivity index is 1.80. The number of aromatic nitrogens is 2. The summed E-state index contributed by atoms with van der Waals surface area (Å²) in [6.07, 6.45) is 3.08. The van der Waals surface area contributed by atoms with Gasteiger partial charge in [0.15, 0.2) is 0 Å². The van der Waals surface area contributed by atoms with E-state index in [9.17, 15) is 0 Å². The lowest BCUT2D eigenvalue weighted by molar-refractivity contribution is 0.0493. The normalized spacial score (nSPS) is 16.6. The van der Waals surface area contributed by atoms with Gasteiger partial charge in [0.25, 0.3) is 0 Å². The van der Waals surface area contributed by atoms with Gasteiger partial charge in [-0.3, -0.25) is 0 Å². The summed E-state index contributed by atoms with van der Waals surface area (Å²) in [7, 11) is 0. The van der Waals surface area contributed by atoms with E-state index in [-0.39, 0.29) is 5.95 Å². The monoisotopic (exact) mass is 293 g/mol. The van der Waals surface area contributed by atoms with Crippen molar-refractivity contribution in [1.29, 1.82) is 0 Å². The lowest BCUT2D eigenvalue weighted by Gasteiger charge is -2.21. The van der Waals surface area contributed by atoms with Gasteiger partial charge in [0.2, 0.25) is 11.8 Å². The Bertz CT molecular complexity index is 593. The first-order valence-electron chi connectivity index (χ1n) is 7.02. The summed E-state index contributed by atoms with van der Waals surface area (Å²) in [5.41, 5.74) is 5.77. The van der Waals surface area contributed by atoms with Crippen LogP contribution in [0.3, 0.4) is 0 Å². The summed E-state index contributed by atoms with van der Waals surface area (Å²) in [6.45, 7) is 4.46. The summed E-state index contributed by atoms with van der Waals surface area (Å²) < 4.78 is 11.3. The first-order valence-corrected chi connectivity index (χ1v) is 7.84. The number of thiophene rings is 1. The van der Waals surface area contributed by atoms with Gasteiger partial charge in [-0.15, -0.1) is 11.3 Å². The van der Waals surface area contributed by atoms with Crippen molar-refractivity contribution in [2.24, 2.45) is 5.92 Å². The lowest BCUT2D eigenvalue weighted by Crippen LogP contribution is -2.21. The van der Waals surface area contributed by atoms with Crippen LogP contribution in [0.5, 0.6) is 5.88 Å². The second-order valence-corrected chi connectivity index (χ2v) is 6.15. The Morgan fingerprint density at radius 1 is 1.40 bits per heavy atom. The van der Waals surface area contributed by atoms with Crippen LogP contribution in [0.15, 0.2) is 6.07 Å². The molecule has 0 atom stereocenters. The number of hydrogen-bond acceptors (Lipinski definition) is 6. The van der Waals surface area contributed by atoms with Crippen LogP contribution in [0.1, 0.15) is 24.6 Å². The molecule has 2 aromatic rings. The molecule has 0 amide bonds. The van der Waals surface area contributed by atoms with Crippen LogP contribution < -0.4 is 10.5 Å². The molecule has 0 unspecified atom stereocenters. The molecule has 0 saturated carbocycles. The standard InChI is InChI=1S/C14H19N3O2S/c1-2-10-7-11-12(16-14(15)17-13(11)20-10)19-8-9-3-5-18-6-4-9/h7,9H,2-6,8H2,1H3,(H2,15,16,17). The van der Waals surface area contributed by atoms with E-state index < -0.39 is 0 Å². The maximum Gasteiger partial charge on any atom is 0.227 e.